The Morgan fingerprint density at radius 2 is 1.58 bits per heavy atom. The van der Waals surface area contributed by atoms with Crippen LogP contribution in [0.5, 0.6) is 0 Å². The van der Waals surface area contributed by atoms with Gasteiger partial charge in [0.05, 0.1) is 17.7 Å². The number of piperazine rings is 1. The molecule has 0 radical (unpaired) electrons. The SMILES string of the molecule is O=C(c1cc(Cn2cc(C(F)(F)F)c(=O)[nH]c2=O)ccc1F)N1CCN(c2ncc(C(F)(F)F)cn2)CC1. The largest absolute Gasteiger partial charge is 0.423 e. The molecule has 16 heteroatoms. The van der Waals surface area contributed by atoms with Crippen LogP contribution in [0.1, 0.15) is 27.0 Å². The van der Waals surface area contributed by atoms with E-state index in [0.717, 1.165) is 12.1 Å². The minimum absolute atomic E-state index is 0.0304. The highest BCUT2D eigenvalue weighted by molar-refractivity contribution is 5.94. The van der Waals surface area contributed by atoms with Crippen molar-refractivity contribution in [3.63, 3.8) is 0 Å². The molecule has 1 saturated heterocycles. The lowest BCUT2D eigenvalue weighted by Gasteiger charge is -2.34. The van der Waals surface area contributed by atoms with Crippen molar-refractivity contribution in [1.82, 2.24) is 24.4 Å². The van der Waals surface area contributed by atoms with E-state index in [0.29, 0.717) is 23.2 Å². The average Bonchev–Trinajstić information content (AvgIpc) is 2.85. The summed E-state index contributed by atoms with van der Waals surface area (Å²) in [6, 6.07) is 3.20. The van der Waals surface area contributed by atoms with Gasteiger partial charge in [-0.2, -0.15) is 26.3 Å². The summed E-state index contributed by atoms with van der Waals surface area (Å²) < 4.78 is 92.3. The van der Waals surface area contributed by atoms with Gasteiger partial charge in [0.1, 0.15) is 11.4 Å². The number of rotatable bonds is 4. The standard InChI is InChI=1S/C22H17F7N6O3/c23-16-2-1-12(10-35-11-15(22(27,28)29)17(36)32-20(35)38)7-14(16)18(37)33-3-5-34(6-4-33)19-30-8-13(9-31-19)21(24,25)26/h1-2,7-9,11H,3-6,10H2,(H,32,36,38). The predicted octanol–water partition coefficient (Wildman–Crippen LogP) is 2.51. The Labute approximate surface area is 208 Å². The first-order chi connectivity index (χ1) is 17.7. The zero-order valence-corrected chi connectivity index (χ0v) is 19.1. The Kier molecular flexibility index (Phi) is 6.99. The lowest BCUT2D eigenvalue weighted by atomic mass is 10.1. The van der Waals surface area contributed by atoms with Crippen LogP contribution in [0.15, 0.2) is 46.4 Å². The van der Waals surface area contributed by atoms with Gasteiger partial charge in [-0.05, 0) is 17.7 Å². The average molecular weight is 546 g/mol. The summed E-state index contributed by atoms with van der Waals surface area (Å²) in [5.41, 5.74) is -5.60. The van der Waals surface area contributed by atoms with Crippen LogP contribution < -0.4 is 16.1 Å². The van der Waals surface area contributed by atoms with Crippen molar-refractivity contribution in [2.24, 2.45) is 0 Å². The summed E-state index contributed by atoms with van der Waals surface area (Å²) >= 11 is 0. The Morgan fingerprint density at radius 1 is 0.947 bits per heavy atom. The third-order valence-corrected chi connectivity index (χ3v) is 5.75. The second-order valence-corrected chi connectivity index (χ2v) is 8.29. The topological polar surface area (TPSA) is 104 Å². The predicted molar refractivity (Wildman–Crippen MR) is 117 cm³/mol. The lowest BCUT2D eigenvalue weighted by molar-refractivity contribution is -0.139. The molecule has 0 aliphatic carbocycles. The van der Waals surface area contributed by atoms with Crippen LogP contribution in [0.4, 0.5) is 36.7 Å². The molecule has 1 aliphatic heterocycles. The highest BCUT2D eigenvalue weighted by Gasteiger charge is 2.35. The molecule has 1 fully saturated rings. The molecule has 0 bridgehead atoms. The number of nitrogens with zero attached hydrogens (tertiary/aromatic N) is 5. The van der Waals surface area contributed by atoms with Crippen molar-refractivity contribution in [2.45, 2.75) is 18.9 Å². The molecule has 0 atom stereocenters. The number of hydrogen-bond acceptors (Lipinski definition) is 6. The molecular weight excluding hydrogens is 529 g/mol. The van der Waals surface area contributed by atoms with Gasteiger partial charge in [-0.15, -0.1) is 0 Å². The molecule has 202 valence electrons. The van der Waals surface area contributed by atoms with Crippen LogP contribution in [-0.4, -0.2) is 56.5 Å². The monoisotopic (exact) mass is 546 g/mol. The fourth-order valence-corrected chi connectivity index (χ4v) is 3.77. The number of anilines is 1. The van der Waals surface area contributed by atoms with E-state index in [1.54, 1.807) is 9.88 Å². The molecule has 1 amide bonds. The Balaban J connectivity index is 1.48. The first kappa shape index (κ1) is 26.8. The van der Waals surface area contributed by atoms with Crippen molar-refractivity contribution in [3.05, 3.63) is 85.7 Å². The van der Waals surface area contributed by atoms with Gasteiger partial charge in [-0.25, -0.2) is 19.2 Å². The van der Waals surface area contributed by atoms with Gasteiger partial charge >= 0.3 is 18.0 Å². The van der Waals surface area contributed by atoms with E-state index in [1.165, 1.54) is 11.0 Å². The number of aromatic amines is 1. The van der Waals surface area contributed by atoms with Crippen LogP contribution in [0.25, 0.3) is 0 Å². The molecule has 9 nitrogen and oxygen atoms in total. The first-order valence-corrected chi connectivity index (χ1v) is 10.9. The molecule has 4 rings (SSSR count). The summed E-state index contributed by atoms with van der Waals surface area (Å²) in [6.07, 6.45) is -7.97. The van der Waals surface area contributed by atoms with Crippen LogP contribution in [-0.2, 0) is 18.9 Å². The molecule has 1 aromatic carbocycles. The summed E-state index contributed by atoms with van der Waals surface area (Å²) in [4.78, 5) is 48.3. The molecule has 3 heterocycles. The summed E-state index contributed by atoms with van der Waals surface area (Å²) in [6.45, 7) is -0.0858. The number of H-pyrrole nitrogens is 1. The highest BCUT2D eigenvalue weighted by atomic mass is 19.4. The van der Waals surface area contributed by atoms with E-state index in [-0.39, 0.29) is 37.7 Å². The Hall–Kier alpha value is -4.24. The molecule has 0 saturated carbocycles. The minimum atomic E-state index is -5.01. The normalized spacial score (nSPS) is 14.6. The summed E-state index contributed by atoms with van der Waals surface area (Å²) in [5, 5.41) is 0. The lowest BCUT2D eigenvalue weighted by Crippen LogP contribution is -2.49. The van der Waals surface area contributed by atoms with Gasteiger partial charge in [-0.1, -0.05) is 6.07 Å². The molecule has 38 heavy (non-hydrogen) atoms. The van der Waals surface area contributed by atoms with E-state index < -0.39 is 58.6 Å². The zero-order valence-electron chi connectivity index (χ0n) is 19.1. The van der Waals surface area contributed by atoms with E-state index in [9.17, 15) is 45.1 Å². The number of amides is 1. The third kappa shape index (κ3) is 5.68. The summed E-state index contributed by atoms with van der Waals surface area (Å²) in [7, 11) is 0. The van der Waals surface area contributed by atoms with Crippen molar-refractivity contribution >= 4 is 11.9 Å². The van der Waals surface area contributed by atoms with Gasteiger partial charge < -0.3 is 9.80 Å². The van der Waals surface area contributed by atoms with E-state index >= 15 is 0 Å². The number of nitrogens with one attached hydrogen (secondary N) is 1. The maximum Gasteiger partial charge on any atom is 0.423 e. The third-order valence-electron chi connectivity index (χ3n) is 5.75. The van der Waals surface area contributed by atoms with Gasteiger partial charge in [0.25, 0.3) is 11.5 Å². The number of alkyl halides is 6. The fourth-order valence-electron chi connectivity index (χ4n) is 3.77. The number of carbonyl (C=O) groups is 1. The first-order valence-electron chi connectivity index (χ1n) is 10.9. The molecule has 2 aromatic heterocycles. The number of hydrogen-bond donors (Lipinski definition) is 1. The summed E-state index contributed by atoms with van der Waals surface area (Å²) in [5.74, 6) is -1.61. The number of benzene rings is 1. The minimum Gasteiger partial charge on any atom is -0.337 e. The molecule has 0 unspecified atom stereocenters. The fraction of sp³-hybridized carbons (Fsp3) is 0.318. The highest BCUT2D eigenvalue weighted by Crippen LogP contribution is 2.29. The maximum absolute atomic E-state index is 14.5. The van der Waals surface area contributed by atoms with E-state index in [4.69, 9.17) is 0 Å². The van der Waals surface area contributed by atoms with Crippen LogP contribution in [0.3, 0.4) is 0 Å². The second-order valence-electron chi connectivity index (χ2n) is 8.29. The van der Waals surface area contributed by atoms with Crippen molar-refractivity contribution < 1.29 is 35.5 Å². The molecular formula is C22H17F7N6O3. The van der Waals surface area contributed by atoms with E-state index in [1.807, 2.05) is 0 Å². The molecule has 3 aromatic rings. The maximum atomic E-state index is 14.5. The van der Waals surface area contributed by atoms with Gasteiger partial charge in [0.15, 0.2) is 0 Å². The molecule has 0 spiro atoms. The van der Waals surface area contributed by atoms with Crippen molar-refractivity contribution in [3.8, 4) is 0 Å². The van der Waals surface area contributed by atoms with Crippen LogP contribution >= 0.6 is 0 Å². The van der Waals surface area contributed by atoms with E-state index in [2.05, 4.69) is 9.97 Å². The Morgan fingerprint density at radius 3 is 2.16 bits per heavy atom. The quantitative estimate of drug-likeness (QED) is 0.505. The van der Waals surface area contributed by atoms with Gasteiger partial charge in [-0.3, -0.25) is 19.1 Å². The van der Waals surface area contributed by atoms with Crippen LogP contribution in [0, 0.1) is 5.82 Å². The van der Waals surface area contributed by atoms with Crippen molar-refractivity contribution in [1.29, 1.82) is 0 Å². The molecule has 1 N–H and O–H groups in total. The number of halogens is 7. The van der Waals surface area contributed by atoms with Gasteiger partial charge in [0, 0.05) is 44.8 Å². The van der Waals surface area contributed by atoms with Gasteiger partial charge in [0.2, 0.25) is 5.95 Å². The van der Waals surface area contributed by atoms with Crippen molar-refractivity contribution in [2.75, 3.05) is 31.1 Å². The smallest absolute Gasteiger partial charge is 0.337 e. The number of aromatic nitrogens is 4. The molecule has 1 aliphatic rings. The second kappa shape index (κ2) is 9.90. The zero-order chi connectivity index (χ0) is 27.8. The number of carbonyl (C=O) groups excluding carboxylic acids is 1. The Bertz CT molecular complexity index is 1460. The van der Waals surface area contributed by atoms with Crippen LogP contribution in [0.2, 0.25) is 0 Å².